The highest BCUT2D eigenvalue weighted by Gasteiger charge is 2.20. The summed E-state index contributed by atoms with van der Waals surface area (Å²) in [6.07, 6.45) is 8.36. The molecule has 22 heavy (non-hydrogen) atoms. The number of ether oxygens (including phenoxy) is 2. The van der Waals surface area contributed by atoms with Crippen LogP contribution >= 0.6 is 0 Å². The van der Waals surface area contributed by atoms with Crippen molar-refractivity contribution in [3.8, 4) is 0 Å². The van der Waals surface area contributed by atoms with Crippen molar-refractivity contribution in [3.05, 3.63) is 41.3 Å². The highest BCUT2D eigenvalue weighted by atomic mass is 16.5. The number of carbonyl (C=O) groups is 1. The van der Waals surface area contributed by atoms with Crippen LogP contribution in [0.3, 0.4) is 0 Å². The number of carbonyl (C=O) groups excluding carboxylic acids is 1. The van der Waals surface area contributed by atoms with Crippen molar-refractivity contribution in [3.63, 3.8) is 0 Å². The number of allylic oxidation sites excluding steroid dienone is 3. The number of nitrogens with one attached hydrogen (secondary N) is 1. The number of nitrogens with zero attached hydrogens (tertiary/aromatic N) is 1. The lowest BCUT2D eigenvalue weighted by Gasteiger charge is -2.25. The Hall–Kier alpha value is -1.92. The number of amides is 1. The van der Waals surface area contributed by atoms with Crippen molar-refractivity contribution in [1.29, 1.82) is 0 Å². The fourth-order valence-electron chi connectivity index (χ4n) is 2.27. The van der Waals surface area contributed by atoms with Gasteiger partial charge in [-0.3, -0.25) is 4.79 Å². The molecule has 1 fully saturated rings. The smallest absolute Gasteiger partial charge is 0.273 e. The van der Waals surface area contributed by atoms with Gasteiger partial charge in [0, 0.05) is 18.5 Å². The molecular weight excluding hydrogens is 284 g/mol. The lowest BCUT2D eigenvalue weighted by Crippen LogP contribution is -2.39. The van der Waals surface area contributed by atoms with Crippen LogP contribution in [0.5, 0.6) is 0 Å². The van der Waals surface area contributed by atoms with E-state index in [0.29, 0.717) is 50.3 Å². The first kappa shape index (κ1) is 15.0. The van der Waals surface area contributed by atoms with E-state index in [0.717, 1.165) is 12.8 Å². The van der Waals surface area contributed by atoms with Gasteiger partial charge in [0.2, 0.25) is 0 Å². The van der Waals surface area contributed by atoms with Crippen molar-refractivity contribution in [2.24, 2.45) is 5.92 Å². The van der Waals surface area contributed by atoms with Crippen molar-refractivity contribution in [2.75, 3.05) is 26.4 Å². The Morgan fingerprint density at radius 1 is 1.41 bits per heavy atom. The summed E-state index contributed by atoms with van der Waals surface area (Å²) in [5.74, 6) is 0.752. The summed E-state index contributed by atoms with van der Waals surface area (Å²) in [5, 5.41) is 6.60. The quantitative estimate of drug-likeness (QED) is 0.832. The minimum Gasteiger partial charge on any atom is -0.381 e. The zero-order chi connectivity index (χ0) is 15.2. The fourth-order valence-corrected chi connectivity index (χ4v) is 2.27. The van der Waals surface area contributed by atoms with Gasteiger partial charge in [-0.25, -0.2) is 0 Å². The maximum absolute atomic E-state index is 11.9. The van der Waals surface area contributed by atoms with E-state index in [2.05, 4.69) is 22.6 Å². The van der Waals surface area contributed by atoms with Crippen LogP contribution in [-0.2, 0) is 16.1 Å². The van der Waals surface area contributed by atoms with E-state index in [9.17, 15) is 4.79 Å². The third-order valence-corrected chi connectivity index (χ3v) is 3.68. The molecule has 6 heteroatoms. The second kappa shape index (κ2) is 7.38. The molecule has 1 aromatic heterocycles. The van der Waals surface area contributed by atoms with Gasteiger partial charge in [-0.2, -0.15) is 0 Å². The summed E-state index contributed by atoms with van der Waals surface area (Å²) in [7, 11) is 0. The van der Waals surface area contributed by atoms with E-state index in [4.69, 9.17) is 14.0 Å². The third kappa shape index (κ3) is 4.05. The minimum atomic E-state index is -0.220. The van der Waals surface area contributed by atoms with Crippen molar-refractivity contribution < 1.29 is 18.8 Å². The Labute approximate surface area is 129 Å². The van der Waals surface area contributed by atoms with Crippen LogP contribution in [0.4, 0.5) is 0 Å². The molecule has 1 aliphatic heterocycles. The molecule has 0 atom stereocenters. The maximum atomic E-state index is 11.9. The molecule has 1 amide bonds. The first-order valence-electron chi connectivity index (χ1n) is 7.55. The largest absolute Gasteiger partial charge is 0.381 e. The van der Waals surface area contributed by atoms with Gasteiger partial charge in [-0.05, 0) is 18.4 Å². The topological polar surface area (TPSA) is 73.6 Å². The van der Waals surface area contributed by atoms with Crippen LogP contribution in [-0.4, -0.2) is 37.4 Å². The molecule has 1 aliphatic carbocycles. The normalized spacial score (nSPS) is 17.9. The van der Waals surface area contributed by atoms with Gasteiger partial charge in [0.1, 0.15) is 6.61 Å². The summed E-state index contributed by atoms with van der Waals surface area (Å²) < 4.78 is 15.8. The molecule has 118 valence electrons. The van der Waals surface area contributed by atoms with Gasteiger partial charge in [0.25, 0.3) is 5.91 Å². The summed E-state index contributed by atoms with van der Waals surface area (Å²) in [6.45, 7) is 2.93. The minimum absolute atomic E-state index is 0.220. The first-order valence-corrected chi connectivity index (χ1v) is 7.55. The van der Waals surface area contributed by atoms with Crippen LogP contribution in [0.2, 0.25) is 0 Å². The zero-order valence-electron chi connectivity index (χ0n) is 12.4. The van der Waals surface area contributed by atoms with E-state index < -0.39 is 0 Å². The molecule has 1 N–H and O–H groups in total. The van der Waals surface area contributed by atoms with Crippen LogP contribution in [0.25, 0.3) is 0 Å². The molecule has 0 saturated carbocycles. The van der Waals surface area contributed by atoms with Crippen LogP contribution in [0, 0.1) is 5.92 Å². The summed E-state index contributed by atoms with van der Waals surface area (Å²) in [4.78, 5) is 11.9. The van der Waals surface area contributed by atoms with E-state index in [1.807, 2.05) is 6.08 Å². The molecule has 2 heterocycles. The van der Waals surface area contributed by atoms with Gasteiger partial charge in [-0.1, -0.05) is 23.4 Å². The molecule has 2 aliphatic rings. The standard InChI is InChI=1S/C16H20N2O4/c19-16(17-7-13-9-20-10-13)15-6-14(22-18-15)11-21-8-12-4-2-1-3-5-12/h1-2,4,6,13H,3,5,7-11H2,(H,17,19). The molecule has 6 nitrogen and oxygen atoms in total. The van der Waals surface area contributed by atoms with Crippen LogP contribution in [0.15, 0.2) is 34.4 Å². The van der Waals surface area contributed by atoms with Crippen molar-refractivity contribution in [1.82, 2.24) is 10.5 Å². The maximum Gasteiger partial charge on any atom is 0.273 e. The van der Waals surface area contributed by atoms with Crippen molar-refractivity contribution >= 4 is 5.91 Å². The SMILES string of the molecule is O=C(NCC1COC1)c1cc(COCC2=CC=CCC2)on1. The highest BCUT2D eigenvalue weighted by molar-refractivity contribution is 5.92. The second-order valence-corrected chi connectivity index (χ2v) is 5.58. The van der Waals surface area contributed by atoms with Gasteiger partial charge < -0.3 is 19.3 Å². The van der Waals surface area contributed by atoms with E-state index in [1.54, 1.807) is 6.07 Å². The molecule has 0 unspecified atom stereocenters. The van der Waals surface area contributed by atoms with E-state index >= 15 is 0 Å². The molecule has 0 spiro atoms. The fraction of sp³-hybridized carbons (Fsp3) is 0.500. The van der Waals surface area contributed by atoms with Gasteiger partial charge in [0.05, 0.1) is 19.8 Å². The predicted molar refractivity (Wildman–Crippen MR) is 79.3 cm³/mol. The second-order valence-electron chi connectivity index (χ2n) is 5.58. The Balaban J connectivity index is 1.41. The van der Waals surface area contributed by atoms with Gasteiger partial charge in [-0.15, -0.1) is 0 Å². The predicted octanol–water partition coefficient (Wildman–Crippen LogP) is 1.84. The lowest BCUT2D eigenvalue weighted by molar-refractivity contribution is -0.0299. The van der Waals surface area contributed by atoms with Crippen molar-refractivity contribution in [2.45, 2.75) is 19.4 Å². The highest BCUT2D eigenvalue weighted by Crippen LogP contribution is 2.13. The molecule has 0 bridgehead atoms. The summed E-state index contributed by atoms with van der Waals surface area (Å²) in [6, 6.07) is 1.63. The third-order valence-electron chi connectivity index (χ3n) is 3.68. The first-order chi connectivity index (χ1) is 10.8. The Morgan fingerprint density at radius 3 is 3.05 bits per heavy atom. The van der Waals surface area contributed by atoms with E-state index in [-0.39, 0.29) is 5.91 Å². The molecule has 3 rings (SSSR count). The molecule has 0 radical (unpaired) electrons. The Kier molecular flexibility index (Phi) is 5.03. The van der Waals surface area contributed by atoms with Gasteiger partial charge >= 0.3 is 0 Å². The molecule has 0 aromatic carbocycles. The number of hydrogen-bond acceptors (Lipinski definition) is 5. The van der Waals surface area contributed by atoms with Crippen LogP contribution < -0.4 is 5.32 Å². The summed E-state index contributed by atoms with van der Waals surface area (Å²) in [5.41, 5.74) is 1.56. The Bertz CT molecular complexity index is 572. The molecule has 1 saturated heterocycles. The average Bonchev–Trinajstić information content (AvgIpc) is 2.95. The number of hydrogen-bond donors (Lipinski definition) is 1. The summed E-state index contributed by atoms with van der Waals surface area (Å²) >= 11 is 0. The number of aromatic nitrogens is 1. The zero-order valence-corrected chi connectivity index (χ0v) is 12.4. The molecule has 1 aromatic rings. The monoisotopic (exact) mass is 304 g/mol. The number of rotatable bonds is 7. The lowest BCUT2D eigenvalue weighted by atomic mass is 10.1. The molecular formula is C16H20N2O4. The van der Waals surface area contributed by atoms with Gasteiger partial charge in [0.15, 0.2) is 11.5 Å². The van der Waals surface area contributed by atoms with E-state index in [1.165, 1.54) is 5.57 Å². The van der Waals surface area contributed by atoms with Crippen LogP contribution in [0.1, 0.15) is 29.1 Å². The average molecular weight is 304 g/mol. The Morgan fingerprint density at radius 2 is 2.32 bits per heavy atom.